The summed E-state index contributed by atoms with van der Waals surface area (Å²) in [5.41, 5.74) is 2.09. The number of halogens is 1. The molecule has 3 nitrogen and oxygen atoms in total. The molecule has 0 bridgehead atoms. The van der Waals surface area contributed by atoms with Crippen molar-refractivity contribution >= 4 is 0 Å². The maximum atomic E-state index is 12.8. The average molecular weight is 233 g/mol. The molecule has 0 saturated carbocycles. The van der Waals surface area contributed by atoms with E-state index in [1.165, 1.54) is 12.1 Å². The predicted octanol–water partition coefficient (Wildman–Crippen LogP) is 2.06. The van der Waals surface area contributed by atoms with Crippen molar-refractivity contribution < 1.29 is 4.39 Å². The Labute approximate surface area is 100 Å². The highest BCUT2D eigenvalue weighted by molar-refractivity contribution is 5.19. The maximum absolute atomic E-state index is 12.8. The van der Waals surface area contributed by atoms with Gasteiger partial charge in [-0.1, -0.05) is 12.1 Å². The summed E-state index contributed by atoms with van der Waals surface area (Å²) in [7, 11) is 3.80. The zero-order valence-corrected chi connectivity index (χ0v) is 10.0. The van der Waals surface area contributed by atoms with Gasteiger partial charge in [0.15, 0.2) is 0 Å². The minimum absolute atomic E-state index is 0.154. The smallest absolute Gasteiger partial charge is 0.123 e. The molecule has 0 amide bonds. The predicted molar refractivity (Wildman–Crippen MR) is 65.1 cm³/mol. The summed E-state index contributed by atoms with van der Waals surface area (Å²) in [4.78, 5) is 0. The monoisotopic (exact) mass is 233 g/mol. The Kier molecular flexibility index (Phi) is 3.54. The Morgan fingerprint density at radius 1 is 1.29 bits per heavy atom. The van der Waals surface area contributed by atoms with Crippen molar-refractivity contribution in [2.45, 2.75) is 12.5 Å². The Morgan fingerprint density at radius 3 is 2.53 bits per heavy atom. The molecule has 0 spiro atoms. The molecule has 0 aliphatic carbocycles. The van der Waals surface area contributed by atoms with E-state index >= 15 is 0 Å². The van der Waals surface area contributed by atoms with Crippen molar-refractivity contribution in [3.8, 4) is 0 Å². The van der Waals surface area contributed by atoms with E-state index in [0.717, 1.165) is 17.7 Å². The van der Waals surface area contributed by atoms with E-state index in [9.17, 15) is 4.39 Å². The summed E-state index contributed by atoms with van der Waals surface area (Å²) < 4.78 is 14.6. The molecule has 1 aromatic carbocycles. The fourth-order valence-electron chi connectivity index (χ4n) is 1.83. The average Bonchev–Trinajstić information content (AvgIpc) is 2.75. The summed E-state index contributed by atoms with van der Waals surface area (Å²) in [6.07, 6.45) is 2.72. The molecule has 1 N–H and O–H groups in total. The van der Waals surface area contributed by atoms with Crippen molar-refractivity contribution in [1.82, 2.24) is 15.1 Å². The number of likely N-dealkylation sites (N-methyl/N-ethyl adjacent to an activating group) is 1. The van der Waals surface area contributed by atoms with E-state index in [0.29, 0.717) is 0 Å². The van der Waals surface area contributed by atoms with Gasteiger partial charge in [-0.05, 0) is 37.2 Å². The zero-order valence-electron chi connectivity index (χ0n) is 10.0. The van der Waals surface area contributed by atoms with Crippen LogP contribution in [-0.2, 0) is 13.5 Å². The first-order valence-electron chi connectivity index (χ1n) is 5.60. The van der Waals surface area contributed by atoms with Crippen molar-refractivity contribution in [2.24, 2.45) is 7.05 Å². The second-order valence-electron chi connectivity index (χ2n) is 4.09. The molecular formula is C13H16FN3. The number of aryl methyl sites for hydroxylation is 1. The van der Waals surface area contributed by atoms with Crippen LogP contribution in [-0.4, -0.2) is 16.8 Å². The number of rotatable bonds is 4. The number of benzene rings is 1. The third-order valence-corrected chi connectivity index (χ3v) is 2.79. The van der Waals surface area contributed by atoms with Crippen LogP contribution in [0.15, 0.2) is 36.5 Å². The van der Waals surface area contributed by atoms with Gasteiger partial charge in [-0.3, -0.25) is 4.68 Å². The van der Waals surface area contributed by atoms with Gasteiger partial charge in [0.1, 0.15) is 5.82 Å². The number of hydrogen-bond acceptors (Lipinski definition) is 2. The second kappa shape index (κ2) is 5.10. The molecule has 0 fully saturated rings. The Morgan fingerprint density at radius 2 is 2.00 bits per heavy atom. The van der Waals surface area contributed by atoms with Crippen LogP contribution >= 0.6 is 0 Å². The van der Waals surface area contributed by atoms with Gasteiger partial charge in [0.05, 0.1) is 11.7 Å². The minimum atomic E-state index is -0.201. The van der Waals surface area contributed by atoms with Crippen molar-refractivity contribution in [1.29, 1.82) is 0 Å². The van der Waals surface area contributed by atoms with Crippen LogP contribution in [0.3, 0.4) is 0 Å². The van der Waals surface area contributed by atoms with Gasteiger partial charge in [0, 0.05) is 13.2 Å². The first kappa shape index (κ1) is 11.8. The molecule has 90 valence electrons. The lowest BCUT2D eigenvalue weighted by atomic mass is 10.0. The molecular weight excluding hydrogens is 217 g/mol. The molecule has 1 heterocycles. The van der Waals surface area contributed by atoms with Crippen LogP contribution in [0, 0.1) is 5.82 Å². The topological polar surface area (TPSA) is 29.9 Å². The van der Waals surface area contributed by atoms with Crippen LogP contribution < -0.4 is 5.32 Å². The summed E-state index contributed by atoms with van der Waals surface area (Å²) in [6, 6.07) is 8.73. The van der Waals surface area contributed by atoms with Crippen LogP contribution in [0.2, 0.25) is 0 Å². The fourth-order valence-corrected chi connectivity index (χ4v) is 1.83. The van der Waals surface area contributed by atoms with E-state index in [1.54, 1.807) is 4.68 Å². The number of nitrogens with one attached hydrogen (secondary N) is 1. The van der Waals surface area contributed by atoms with E-state index in [2.05, 4.69) is 10.4 Å². The third kappa shape index (κ3) is 2.91. The standard InChI is InChI=1S/C13H16FN3/c1-15-13(12-7-8-17(2)16-12)9-10-3-5-11(14)6-4-10/h3-8,13,15H,9H2,1-2H3. The molecule has 0 radical (unpaired) electrons. The quantitative estimate of drug-likeness (QED) is 0.876. The van der Waals surface area contributed by atoms with Gasteiger partial charge in [0.25, 0.3) is 0 Å². The van der Waals surface area contributed by atoms with Crippen LogP contribution in [0.4, 0.5) is 4.39 Å². The van der Waals surface area contributed by atoms with Gasteiger partial charge in [-0.15, -0.1) is 0 Å². The van der Waals surface area contributed by atoms with Gasteiger partial charge in [-0.25, -0.2) is 4.39 Å². The Hall–Kier alpha value is -1.68. The van der Waals surface area contributed by atoms with Crippen LogP contribution in [0.5, 0.6) is 0 Å². The summed E-state index contributed by atoms with van der Waals surface area (Å²) in [6.45, 7) is 0. The van der Waals surface area contributed by atoms with E-state index < -0.39 is 0 Å². The van der Waals surface area contributed by atoms with Crippen molar-refractivity contribution in [3.63, 3.8) is 0 Å². The molecule has 1 aromatic heterocycles. The molecule has 1 unspecified atom stereocenters. The lowest BCUT2D eigenvalue weighted by Gasteiger charge is -2.13. The molecule has 2 aromatic rings. The van der Waals surface area contributed by atoms with Gasteiger partial charge < -0.3 is 5.32 Å². The van der Waals surface area contributed by atoms with E-state index in [4.69, 9.17) is 0 Å². The molecule has 0 aliphatic heterocycles. The van der Waals surface area contributed by atoms with Crippen LogP contribution in [0.25, 0.3) is 0 Å². The zero-order chi connectivity index (χ0) is 12.3. The van der Waals surface area contributed by atoms with Gasteiger partial charge >= 0.3 is 0 Å². The summed E-state index contributed by atoms with van der Waals surface area (Å²) in [5.74, 6) is -0.201. The fraction of sp³-hybridized carbons (Fsp3) is 0.308. The molecule has 2 rings (SSSR count). The number of aromatic nitrogens is 2. The highest BCUT2D eigenvalue weighted by Gasteiger charge is 2.12. The summed E-state index contributed by atoms with van der Waals surface area (Å²) >= 11 is 0. The van der Waals surface area contributed by atoms with Crippen molar-refractivity contribution in [3.05, 3.63) is 53.6 Å². The highest BCUT2D eigenvalue weighted by atomic mass is 19.1. The number of nitrogens with zero attached hydrogens (tertiary/aromatic N) is 2. The molecule has 17 heavy (non-hydrogen) atoms. The molecule has 0 aliphatic rings. The maximum Gasteiger partial charge on any atom is 0.123 e. The molecule has 0 saturated heterocycles. The van der Waals surface area contributed by atoms with E-state index in [1.807, 2.05) is 38.5 Å². The first-order chi connectivity index (χ1) is 8.19. The lowest BCUT2D eigenvalue weighted by Crippen LogP contribution is -2.19. The summed E-state index contributed by atoms with van der Waals surface area (Å²) in [5, 5.41) is 7.60. The first-order valence-corrected chi connectivity index (χ1v) is 5.60. The van der Waals surface area contributed by atoms with E-state index in [-0.39, 0.29) is 11.9 Å². The SMILES string of the molecule is CNC(Cc1ccc(F)cc1)c1ccn(C)n1. The van der Waals surface area contributed by atoms with Crippen molar-refractivity contribution in [2.75, 3.05) is 7.05 Å². The van der Waals surface area contributed by atoms with Crippen LogP contribution in [0.1, 0.15) is 17.3 Å². The largest absolute Gasteiger partial charge is 0.311 e. The second-order valence-corrected chi connectivity index (χ2v) is 4.09. The highest BCUT2D eigenvalue weighted by Crippen LogP contribution is 2.16. The third-order valence-electron chi connectivity index (χ3n) is 2.79. The van der Waals surface area contributed by atoms with Gasteiger partial charge in [0.2, 0.25) is 0 Å². The van der Waals surface area contributed by atoms with Gasteiger partial charge in [-0.2, -0.15) is 5.10 Å². The normalized spacial score (nSPS) is 12.6. The number of hydrogen-bond donors (Lipinski definition) is 1. The minimum Gasteiger partial charge on any atom is -0.311 e. The Bertz CT molecular complexity index is 476. The molecule has 4 heteroatoms. The molecule has 1 atom stereocenters. The lowest BCUT2D eigenvalue weighted by molar-refractivity contribution is 0.561. The Balaban J connectivity index is 2.12.